The van der Waals surface area contributed by atoms with Crippen LogP contribution in [-0.4, -0.2) is 51.1 Å². The van der Waals surface area contributed by atoms with Crippen molar-refractivity contribution < 1.29 is 4.74 Å². The molecule has 106 valence electrons. The summed E-state index contributed by atoms with van der Waals surface area (Å²) < 4.78 is 8.03. The van der Waals surface area contributed by atoms with Gasteiger partial charge in [-0.15, -0.1) is 10.2 Å². The van der Waals surface area contributed by atoms with Crippen molar-refractivity contribution >= 4 is 11.8 Å². The van der Waals surface area contributed by atoms with E-state index in [1.54, 1.807) is 6.33 Å². The van der Waals surface area contributed by atoms with E-state index in [-0.39, 0.29) is 5.60 Å². The molecule has 1 spiro atoms. The number of aryl methyl sites for hydroxylation is 1. The maximum Gasteiger partial charge on any atom is 0.133 e. The van der Waals surface area contributed by atoms with Crippen LogP contribution in [-0.2, 0) is 18.2 Å². The first-order chi connectivity index (χ1) is 9.27. The first-order valence-corrected chi connectivity index (χ1v) is 8.21. The highest BCUT2D eigenvalue weighted by atomic mass is 32.2. The first-order valence-electron chi connectivity index (χ1n) is 7.05. The molecule has 3 heterocycles. The molecule has 6 heteroatoms. The van der Waals surface area contributed by atoms with E-state index in [1.807, 2.05) is 23.4 Å². The predicted molar refractivity (Wildman–Crippen MR) is 76.4 cm³/mol. The average molecular weight is 282 g/mol. The van der Waals surface area contributed by atoms with E-state index in [9.17, 15) is 0 Å². The maximum absolute atomic E-state index is 6.04. The van der Waals surface area contributed by atoms with Crippen LogP contribution in [0.3, 0.4) is 0 Å². The van der Waals surface area contributed by atoms with Gasteiger partial charge in [-0.2, -0.15) is 11.8 Å². The van der Waals surface area contributed by atoms with Crippen LogP contribution in [0.2, 0.25) is 0 Å². The largest absolute Gasteiger partial charge is 0.374 e. The molecule has 2 atom stereocenters. The Morgan fingerprint density at radius 3 is 3.32 bits per heavy atom. The third-order valence-corrected chi connectivity index (χ3v) is 5.37. The fraction of sp³-hybridized carbons (Fsp3) is 0.846. The normalized spacial score (nSPS) is 31.1. The topological polar surface area (TPSA) is 52.0 Å². The van der Waals surface area contributed by atoms with Crippen molar-refractivity contribution in [1.29, 1.82) is 0 Å². The van der Waals surface area contributed by atoms with Crippen LogP contribution >= 0.6 is 11.8 Å². The van der Waals surface area contributed by atoms with E-state index in [2.05, 4.69) is 15.5 Å². The van der Waals surface area contributed by atoms with Gasteiger partial charge in [-0.1, -0.05) is 0 Å². The smallest absolute Gasteiger partial charge is 0.133 e. The summed E-state index contributed by atoms with van der Waals surface area (Å²) in [5.41, 5.74) is 0.172. The highest BCUT2D eigenvalue weighted by Gasteiger charge is 2.40. The Morgan fingerprint density at radius 1 is 1.63 bits per heavy atom. The molecule has 1 aromatic rings. The van der Waals surface area contributed by atoms with Crippen molar-refractivity contribution in [3.8, 4) is 0 Å². The van der Waals surface area contributed by atoms with Gasteiger partial charge in [0.15, 0.2) is 0 Å². The Bertz CT molecular complexity index is 417. The maximum atomic E-state index is 6.04. The van der Waals surface area contributed by atoms with Gasteiger partial charge < -0.3 is 14.6 Å². The van der Waals surface area contributed by atoms with Gasteiger partial charge in [0.2, 0.25) is 0 Å². The number of nitrogens with one attached hydrogen (secondary N) is 1. The molecular weight excluding hydrogens is 260 g/mol. The molecule has 5 nitrogen and oxygen atoms in total. The fourth-order valence-corrected chi connectivity index (χ4v) is 4.37. The summed E-state index contributed by atoms with van der Waals surface area (Å²) >= 11 is 2.03. The Labute approximate surface area is 118 Å². The molecule has 2 aliphatic rings. The Kier molecular flexibility index (Phi) is 4.10. The third-order valence-electron chi connectivity index (χ3n) is 4.15. The quantitative estimate of drug-likeness (QED) is 0.893. The number of nitrogens with zero attached hydrogens (tertiary/aromatic N) is 3. The molecule has 1 aromatic heterocycles. The molecule has 2 saturated heterocycles. The van der Waals surface area contributed by atoms with Crippen LogP contribution < -0.4 is 5.32 Å². The lowest BCUT2D eigenvalue weighted by Crippen LogP contribution is -2.47. The molecule has 0 aromatic carbocycles. The van der Waals surface area contributed by atoms with E-state index in [0.29, 0.717) is 6.04 Å². The van der Waals surface area contributed by atoms with Crippen molar-refractivity contribution in [3.63, 3.8) is 0 Å². The molecule has 0 bridgehead atoms. The van der Waals surface area contributed by atoms with Gasteiger partial charge >= 0.3 is 0 Å². The van der Waals surface area contributed by atoms with Crippen LogP contribution in [0.1, 0.15) is 25.1 Å². The van der Waals surface area contributed by atoms with Crippen LogP contribution in [0, 0.1) is 0 Å². The lowest BCUT2D eigenvalue weighted by Gasteiger charge is -2.38. The lowest BCUT2D eigenvalue weighted by molar-refractivity contribution is -0.0699. The zero-order chi connectivity index (χ0) is 13.1. The van der Waals surface area contributed by atoms with E-state index in [4.69, 9.17) is 4.74 Å². The monoisotopic (exact) mass is 282 g/mol. The van der Waals surface area contributed by atoms with Crippen LogP contribution in [0.4, 0.5) is 0 Å². The second-order valence-electron chi connectivity index (χ2n) is 5.59. The zero-order valence-electron chi connectivity index (χ0n) is 11.5. The van der Waals surface area contributed by atoms with Crippen molar-refractivity contribution in [2.75, 3.05) is 24.7 Å². The van der Waals surface area contributed by atoms with Crippen molar-refractivity contribution in [3.05, 3.63) is 12.2 Å². The second-order valence-corrected chi connectivity index (χ2v) is 6.69. The van der Waals surface area contributed by atoms with E-state index in [0.717, 1.165) is 31.8 Å². The molecule has 0 amide bonds. The van der Waals surface area contributed by atoms with Gasteiger partial charge in [-0.3, -0.25) is 0 Å². The van der Waals surface area contributed by atoms with Gasteiger partial charge in [0.1, 0.15) is 12.2 Å². The summed E-state index contributed by atoms with van der Waals surface area (Å²) in [6.45, 7) is 1.88. The standard InChI is InChI=1S/C13H22N4OS/c1-17-10-15-16-12(17)2-5-14-11-3-6-18-13(8-11)4-7-19-9-13/h10-11,14H,2-9H2,1H3. The number of thioether (sulfide) groups is 1. The molecule has 3 rings (SSSR count). The molecule has 2 aliphatic heterocycles. The minimum atomic E-state index is 0.172. The molecule has 19 heavy (non-hydrogen) atoms. The number of ether oxygens (including phenoxy) is 1. The van der Waals surface area contributed by atoms with Crippen molar-refractivity contribution in [2.24, 2.45) is 7.05 Å². The Balaban J connectivity index is 1.46. The summed E-state index contributed by atoms with van der Waals surface area (Å²) in [4.78, 5) is 0. The summed E-state index contributed by atoms with van der Waals surface area (Å²) in [6.07, 6.45) is 6.22. The van der Waals surface area contributed by atoms with Gasteiger partial charge in [-0.25, -0.2) is 0 Å². The van der Waals surface area contributed by atoms with E-state index >= 15 is 0 Å². The number of hydrogen-bond donors (Lipinski definition) is 1. The summed E-state index contributed by atoms with van der Waals surface area (Å²) in [7, 11) is 1.99. The Hall–Kier alpha value is -0.590. The number of rotatable bonds is 4. The fourth-order valence-electron chi connectivity index (χ4n) is 2.99. The summed E-state index contributed by atoms with van der Waals surface area (Å²) in [5.74, 6) is 3.48. The molecule has 0 saturated carbocycles. The molecule has 0 aliphatic carbocycles. The lowest BCUT2D eigenvalue weighted by atomic mass is 9.90. The minimum Gasteiger partial charge on any atom is -0.374 e. The number of hydrogen-bond acceptors (Lipinski definition) is 5. The third kappa shape index (κ3) is 3.12. The predicted octanol–water partition coefficient (Wildman–Crippen LogP) is 1.00. The van der Waals surface area contributed by atoms with Crippen molar-refractivity contribution in [2.45, 2.75) is 37.3 Å². The van der Waals surface area contributed by atoms with Crippen molar-refractivity contribution in [1.82, 2.24) is 20.1 Å². The highest BCUT2D eigenvalue weighted by Crippen LogP contribution is 2.38. The highest BCUT2D eigenvalue weighted by molar-refractivity contribution is 7.99. The molecule has 2 fully saturated rings. The van der Waals surface area contributed by atoms with Crippen LogP contribution in [0.25, 0.3) is 0 Å². The Morgan fingerprint density at radius 2 is 2.58 bits per heavy atom. The van der Waals surface area contributed by atoms with Gasteiger partial charge in [0, 0.05) is 38.4 Å². The van der Waals surface area contributed by atoms with Gasteiger partial charge in [0.25, 0.3) is 0 Å². The first kappa shape index (κ1) is 13.4. The number of aromatic nitrogens is 3. The van der Waals surface area contributed by atoms with Crippen LogP contribution in [0.5, 0.6) is 0 Å². The zero-order valence-corrected chi connectivity index (χ0v) is 12.3. The summed E-state index contributed by atoms with van der Waals surface area (Å²) in [5, 5.41) is 11.7. The minimum absolute atomic E-state index is 0.172. The van der Waals surface area contributed by atoms with Gasteiger partial charge in [-0.05, 0) is 25.0 Å². The van der Waals surface area contributed by atoms with E-state index < -0.39 is 0 Å². The molecule has 0 radical (unpaired) electrons. The van der Waals surface area contributed by atoms with Crippen LogP contribution in [0.15, 0.2) is 6.33 Å². The SMILES string of the molecule is Cn1cnnc1CCNC1CCOC2(CCSC2)C1. The van der Waals surface area contributed by atoms with E-state index in [1.165, 1.54) is 24.3 Å². The molecule has 2 unspecified atom stereocenters. The summed E-state index contributed by atoms with van der Waals surface area (Å²) in [6, 6.07) is 0.598. The molecule has 1 N–H and O–H groups in total. The second kappa shape index (κ2) is 5.81. The van der Waals surface area contributed by atoms with Gasteiger partial charge in [0.05, 0.1) is 5.60 Å². The average Bonchev–Trinajstić information content (AvgIpc) is 3.01. The molecular formula is C13H22N4OS.